The molecule has 19 heavy (non-hydrogen) atoms. The van der Waals surface area contributed by atoms with Gasteiger partial charge in [0.1, 0.15) is 5.82 Å². The molecule has 2 unspecified atom stereocenters. The van der Waals surface area contributed by atoms with Crippen molar-refractivity contribution >= 4 is 5.69 Å². The molecule has 1 aromatic rings. The Bertz CT molecular complexity index is 431. The highest BCUT2D eigenvalue weighted by atomic mass is 19.1. The van der Waals surface area contributed by atoms with Crippen molar-refractivity contribution in [3.63, 3.8) is 0 Å². The lowest BCUT2D eigenvalue weighted by molar-refractivity contribution is 0.422. The van der Waals surface area contributed by atoms with E-state index in [1.54, 1.807) is 12.1 Å². The van der Waals surface area contributed by atoms with Crippen LogP contribution in [0.4, 0.5) is 10.1 Å². The number of benzene rings is 1. The zero-order valence-corrected chi connectivity index (χ0v) is 12.4. The average molecular weight is 264 g/mol. The summed E-state index contributed by atoms with van der Waals surface area (Å²) in [5.41, 5.74) is 1.86. The molecule has 1 N–H and O–H groups in total. The van der Waals surface area contributed by atoms with Crippen molar-refractivity contribution in [1.82, 2.24) is 5.32 Å². The lowest BCUT2D eigenvalue weighted by Crippen LogP contribution is -2.25. The summed E-state index contributed by atoms with van der Waals surface area (Å²) in [5, 5.41) is 3.21. The van der Waals surface area contributed by atoms with Crippen LogP contribution in [0.25, 0.3) is 0 Å². The van der Waals surface area contributed by atoms with Crippen LogP contribution < -0.4 is 10.2 Å². The second kappa shape index (κ2) is 5.91. The van der Waals surface area contributed by atoms with E-state index >= 15 is 0 Å². The molecule has 1 heterocycles. The minimum absolute atomic E-state index is 0.0935. The topological polar surface area (TPSA) is 15.3 Å². The molecule has 0 saturated carbocycles. The molecule has 0 aromatic heterocycles. The zero-order chi connectivity index (χ0) is 14.0. The first-order valence-corrected chi connectivity index (χ1v) is 7.25. The molecule has 2 rings (SSSR count). The summed E-state index contributed by atoms with van der Waals surface area (Å²) in [6.45, 7) is 8.53. The number of hydrogen-bond donors (Lipinski definition) is 1. The third-order valence-corrected chi connectivity index (χ3v) is 4.40. The van der Waals surface area contributed by atoms with Gasteiger partial charge < -0.3 is 10.2 Å². The second-order valence-corrected chi connectivity index (χ2v) is 5.93. The predicted octanol–water partition coefficient (Wildman–Crippen LogP) is 3.59. The van der Waals surface area contributed by atoms with Crippen molar-refractivity contribution in [2.45, 2.75) is 33.2 Å². The second-order valence-electron chi connectivity index (χ2n) is 5.93. The van der Waals surface area contributed by atoms with E-state index in [0.29, 0.717) is 11.8 Å². The largest absolute Gasteiger partial charge is 0.369 e. The van der Waals surface area contributed by atoms with Gasteiger partial charge in [-0.15, -0.1) is 0 Å². The summed E-state index contributed by atoms with van der Waals surface area (Å²) >= 11 is 0. The molecule has 1 aromatic carbocycles. The third kappa shape index (κ3) is 2.92. The molecule has 0 spiro atoms. The third-order valence-electron chi connectivity index (χ3n) is 4.40. The van der Waals surface area contributed by atoms with Gasteiger partial charge in [-0.1, -0.05) is 26.0 Å². The van der Waals surface area contributed by atoms with Crippen LogP contribution in [0, 0.1) is 17.7 Å². The summed E-state index contributed by atoms with van der Waals surface area (Å²) in [7, 11) is 1.92. The normalized spacial score (nSPS) is 21.2. The van der Waals surface area contributed by atoms with Crippen LogP contribution in [0.2, 0.25) is 0 Å². The molecule has 0 radical (unpaired) electrons. The van der Waals surface area contributed by atoms with Gasteiger partial charge in [-0.25, -0.2) is 4.39 Å². The van der Waals surface area contributed by atoms with Gasteiger partial charge in [0, 0.05) is 19.1 Å². The maximum Gasteiger partial charge on any atom is 0.146 e. The summed E-state index contributed by atoms with van der Waals surface area (Å²) in [6, 6.07) is 5.58. The van der Waals surface area contributed by atoms with Crippen molar-refractivity contribution in [2.75, 3.05) is 25.0 Å². The fourth-order valence-corrected chi connectivity index (χ4v) is 2.91. The number of hydrogen-bond acceptors (Lipinski definition) is 2. The van der Waals surface area contributed by atoms with Crippen LogP contribution in [0.15, 0.2) is 18.2 Å². The quantitative estimate of drug-likeness (QED) is 0.894. The first kappa shape index (κ1) is 14.3. The SMILES string of the molecule is CNC(C)c1cccc(F)c1N1CCC(C(C)C)C1. The van der Waals surface area contributed by atoms with Gasteiger partial charge in [-0.2, -0.15) is 0 Å². The van der Waals surface area contributed by atoms with E-state index < -0.39 is 0 Å². The van der Waals surface area contributed by atoms with E-state index in [0.717, 1.165) is 24.3 Å². The van der Waals surface area contributed by atoms with E-state index in [1.807, 2.05) is 13.1 Å². The molecular formula is C16H25FN2. The van der Waals surface area contributed by atoms with Crippen LogP contribution in [0.3, 0.4) is 0 Å². The molecule has 106 valence electrons. The molecule has 0 amide bonds. The molecule has 1 aliphatic heterocycles. The molecule has 1 fully saturated rings. The number of para-hydroxylation sites is 1. The summed E-state index contributed by atoms with van der Waals surface area (Å²) in [4.78, 5) is 2.23. The summed E-state index contributed by atoms with van der Waals surface area (Å²) < 4.78 is 14.3. The highest BCUT2D eigenvalue weighted by Crippen LogP contribution is 2.34. The minimum Gasteiger partial charge on any atom is -0.369 e. The maximum absolute atomic E-state index is 14.3. The smallest absolute Gasteiger partial charge is 0.146 e. The predicted molar refractivity (Wildman–Crippen MR) is 79.0 cm³/mol. The number of halogens is 1. The van der Waals surface area contributed by atoms with Gasteiger partial charge in [-0.3, -0.25) is 0 Å². The van der Waals surface area contributed by atoms with Crippen molar-refractivity contribution in [1.29, 1.82) is 0 Å². The number of nitrogens with zero attached hydrogens (tertiary/aromatic N) is 1. The van der Waals surface area contributed by atoms with Crippen molar-refractivity contribution in [3.8, 4) is 0 Å². The first-order chi connectivity index (χ1) is 9.04. The average Bonchev–Trinajstić information content (AvgIpc) is 2.87. The monoisotopic (exact) mass is 264 g/mol. The number of nitrogens with one attached hydrogen (secondary N) is 1. The Labute approximate surface area is 116 Å². The Kier molecular flexibility index (Phi) is 4.46. The number of rotatable bonds is 4. The lowest BCUT2D eigenvalue weighted by atomic mass is 9.95. The van der Waals surface area contributed by atoms with Gasteiger partial charge in [0.2, 0.25) is 0 Å². The number of anilines is 1. The van der Waals surface area contributed by atoms with Crippen LogP contribution in [0.5, 0.6) is 0 Å². The van der Waals surface area contributed by atoms with E-state index in [2.05, 4.69) is 31.0 Å². The Morgan fingerprint density at radius 3 is 2.63 bits per heavy atom. The van der Waals surface area contributed by atoms with Crippen LogP contribution in [-0.4, -0.2) is 20.1 Å². The molecular weight excluding hydrogens is 239 g/mol. The van der Waals surface area contributed by atoms with Crippen LogP contribution >= 0.6 is 0 Å². The van der Waals surface area contributed by atoms with E-state index in [4.69, 9.17) is 0 Å². The molecule has 2 nitrogen and oxygen atoms in total. The van der Waals surface area contributed by atoms with Gasteiger partial charge in [0.25, 0.3) is 0 Å². The Morgan fingerprint density at radius 2 is 2.05 bits per heavy atom. The van der Waals surface area contributed by atoms with Gasteiger partial charge in [0.05, 0.1) is 5.69 Å². The molecule has 0 bridgehead atoms. The van der Waals surface area contributed by atoms with Crippen molar-refractivity contribution in [3.05, 3.63) is 29.6 Å². The Balaban J connectivity index is 2.29. The molecule has 0 aliphatic carbocycles. The maximum atomic E-state index is 14.3. The molecule has 1 saturated heterocycles. The van der Waals surface area contributed by atoms with Gasteiger partial charge >= 0.3 is 0 Å². The van der Waals surface area contributed by atoms with Crippen molar-refractivity contribution in [2.24, 2.45) is 11.8 Å². The van der Waals surface area contributed by atoms with Gasteiger partial charge in [-0.05, 0) is 43.9 Å². The fourth-order valence-electron chi connectivity index (χ4n) is 2.91. The first-order valence-electron chi connectivity index (χ1n) is 7.25. The lowest BCUT2D eigenvalue weighted by Gasteiger charge is -2.26. The fraction of sp³-hybridized carbons (Fsp3) is 0.625. The van der Waals surface area contributed by atoms with Crippen LogP contribution in [-0.2, 0) is 0 Å². The zero-order valence-electron chi connectivity index (χ0n) is 12.4. The Morgan fingerprint density at radius 1 is 1.32 bits per heavy atom. The minimum atomic E-state index is -0.0935. The molecule has 1 aliphatic rings. The van der Waals surface area contributed by atoms with E-state index in [-0.39, 0.29) is 11.9 Å². The highest BCUT2D eigenvalue weighted by Gasteiger charge is 2.28. The van der Waals surface area contributed by atoms with E-state index in [9.17, 15) is 4.39 Å². The van der Waals surface area contributed by atoms with Crippen molar-refractivity contribution < 1.29 is 4.39 Å². The summed E-state index contributed by atoms with van der Waals surface area (Å²) in [5.74, 6) is 1.25. The Hall–Kier alpha value is -1.09. The summed E-state index contributed by atoms with van der Waals surface area (Å²) in [6.07, 6.45) is 1.17. The van der Waals surface area contributed by atoms with Gasteiger partial charge in [0.15, 0.2) is 0 Å². The highest BCUT2D eigenvalue weighted by molar-refractivity contribution is 5.57. The standard InChI is InChI=1S/C16H25FN2/c1-11(2)13-8-9-19(10-13)16-14(12(3)18-4)6-5-7-15(16)17/h5-7,11-13,18H,8-10H2,1-4H3. The molecule has 2 atom stereocenters. The van der Waals surface area contributed by atoms with Crippen LogP contribution in [0.1, 0.15) is 38.8 Å². The van der Waals surface area contributed by atoms with E-state index in [1.165, 1.54) is 6.42 Å². The molecule has 3 heteroatoms.